The van der Waals surface area contributed by atoms with E-state index in [0.717, 1.165) is 4.57 Å². The fourth-order valence-electron chi connectivity index (χ4n) is 2.79. The molecule has 196 valence electrons. The van der Waals surface area contributed by atoms with Crippen molar-refractivity contribution >= 4 is 29.3 Å². The summed E-state index contributed by atoms with van der Waals surface area (Å²) in [7, 11) is -16.4. The third kappa shape index (κ3) is 8.73. The van der Waals surface area contributed by atoms with Crippen LogP contribution in [0.15, 0.2) is 23.6 Å². The van der Waals surface area contributed by atoms with Gasteiger partial charge in [0.2, 0.25) is 0 Å². The molecule has 0 aliphatic carbocycles. The van der Waals surface area contributed by atoms with Gasteiger partial charge in [0.1, 0.15) is 18.1 Å². The van der Waals surface area contributed by atoms with Crippen LogP contribution in [-0.4, -0.2) is 42.1 Å². The van der Waals surface area contributed by atoms with E-state index in [1.54, 1.807) is 6.92 Å². The predicted molar refractivity (Wildman–Crippen MR) is 112 cm³/mol. The normalized spacial score (nSPS) is 25.0. The topological polar surface area (TPSA) is 237 Å². The van der Waals surface area contributed by atoms with E-state index in [2.05, 4.69) is 41.1 Å². The largest absolute Gasteiger partial charge is 0.756 e. The number of rotatable bonds is 12. The maximum absolute atomic E-state index is 12.3. The molecule has 0 saturated carbocycles. The lowest BCUT2D eigenvalue weighted by atomic mass is 10.2. The number of hydrogen-bond acceptors (Lipinski definition) is 15. The second-order valence-electron chi connectivity index (χ2n) is 6.61. The van der Waals surface area contributed by atoms with Crippen molar-refractivity contribution in [3.05, 3.63) is 34.9 Å². The molecule has 1 saturated heterocycles. The highest BCUT2D eigenvalue weighted by atomic mass is 31.3. The summed E-state index contributed by atoms with van der Waals surface area (Å²) in [5.41, 5.74) is 5.15. The molecule has 19 heteroatoms. The van der Waals surface area contributed by atoms with Crippen molar-refractivity contribution in [1.29, 1.82) is 0 Å². The van der Waals surface area contributed by atoms with Crippen LogP contribution in [0.25, 0.3) is 0 Å². The Bertz CT molecular complexity index is 1190. The maximum atomic E-state index is 12.3. The average molecular weight is 556 g/mol. The van der Waals surface area contributed by atoms with Gasteiger partial charge in [0.25, 0.3) is 23.5 Å². The summed E-state index contributed by atoms with van der Waals surface area (Å²) < 4.78 is 62.5. The van der Waals surface area contributed by atoms with Crippen LogP contribution < -0.4 is 26.1 Å². The van der Waals surface area contributed by atoms with E-state index in [-0.39, 0.29) is 24.4 Å². The maximum Gasteiger partial charge on any atom is 0.351 e. The first-order valence-corrected chi connectivity index (χ1v) is 13.9. The number of anilines is 1. The first-order chi connectivity index (χ1) is 16.2. The highest BCUT2D eigenvalue weighted by Crippen LogP contribution is 2.62. The number of phosphoric ester groups is 2. The highest BCUT2D eigenvalue weighted by Gasteiger charge is 2.39. The minimum atomic E-state index is -5.94. The average Bonchev–Trinajstić information content (AvgIpc) is 3.14. The molecule has 1 aromatic rings. The Labute approximate surface area is 199 Å². The van der Waals surface area contributed by atoms with Gasteiger partial charge in [0.05, 0.1) is 24.9 Å². The molecule has 0 radical (unpaired) electrons. The minimum absolute atomic E-state index is 0.0175. The molecule has 2 heterocycles. The van der Waals surface area contributed by atoms with Crippen molar-refractivity contribution in [2.24, 2.45) is 0 Å². The van der Waals surface area contributed by atoms with Crippen LogP contribution in [0.2, 0.25) is 0 Å². The first kappa shape index (κ1) is 29.5. The van der Waals surface area contributed by atoms with Gasteiger partial charge in [-0.15, -0.1) is 12.5 Å². The zero-order valence-corrected chi connectivity index (χ0v) is 21.0. The first-order valence-electron chi connectivity index (χ1n) is 9.48. The second-order valence-corrected chi connectivity index (χ2v) is 11.2. The van der Waals surface area contributed by atoms with Gasteiger partial charge < -0.3 is 38.9 Å². The van der Waals surface area contributed by atoms with Crippen LogP contribution in [0.5, 0.6) is 0 Å². The van der Waals surface area contributed by atoms with Gasteiger partial charge in [-0.05, 0) is 6.92 Å². The van der Waals surface area contributed by atoms with Gasteiger partial charge in [0, 0.05) is 19.7 Å². The van der Waals surface area contributed by atoms with Gasteiger partial charge in [-0.1, -0.05) is 12.0 Å². The molecule has 0 amide bonds. The van der Waals surface area contributed by atoms with Crippen LogP contribution in [-0.2, 0) is 40.8 Å². The molecule has 1 aliphatic heterocycles. The summed E-state index contributed by atoms with van der Waals surface area (Å²) in [5.74, 6) is 5.20. The Morgan fingerprint density at radius 3 is 2.54 bits per heavy atom. The minimum Gasteiger partial charge on any atom is -0.756 e. The van der Waals surface area contributed by atoms with E-state index >= 15 is 0 Å². The number of phosphoric acid groups is 3. The van der Waals surface area contributed by atoms with Crippen molar-refractivity contribution in [2.75, 3.05) is 26.1 Å². The molecule has 0 spiro atoms. The fraction of sp³-hybridized carbons (Fsp3) is 0.500. The van der Waals surface area contributed by atoms with Crippen LogP contribution in [0.1, 0.15) is 25.1 Å². The summed E-state index contributed by atoms with van der Waals surface area (Å²) >= 11 is 0. The molecule has 0 aromatic carbocycles. The highest BCUT2D eigenvalue weighted by molar-refractivity contribution is 7.65. The Morgan fingerprint density at radius 2 is 1.94 bits per heavy atom. The zero-order chi connectivity index (χ0) is 26.4. The number of ether oxygens (including phenoxy) is 2. The predicted octanol–water partition coefficient (Wildman–Crippen LogP) is -0.843. The SMILES string of the molecule is C=CCOC1C[C@H](n2cc(C#CC)c(N)nc2=O)O[C@@H]1COP(=O)([O-])OP(=O)([O-])OP(=O)([O-])OC. The standard InChI is InChI=1S/C16H24N3O13P3/c1-4-6-11-9-19(16(20)18-15(11)17)14-8-12(28-7-5-2)13(30-14)10-29-34(23,24)32-35(25,26)31-33(21,22)27-3/h5,9,12-14H,2,7-8,10H2,1,3H3,(H,21,22)(H,23,24)(H,25,26)(H2,17,18,20)/p-3/t12?,13-,14-/m1/s1. The number of nitrogen functional groups attached to an aromatic ring is 1. The van der Waals surface area contributed by atoms with Gasteiger partial charge in [-0.25, -0.2) is 13.4 Å². The quantitative estimate of drug-likeness (QED) is 0.188. The monoisotopic (exact) mass is 556 g/mol. The molecule has 1 aliphatic rings. The number of aromatic nitrogens is 2. The van der Waals surface area contributed by atoms with Gasteiger partial charge in [-0.3, -0.25) is 18.3 Å². The molecular weight excluding hydrogens is 535 g/mol. The fourth-order valence-corrected chi connectivity index (χ4v) is 5.92. The van der Waals surface area contributed by atoms with Crippen molar-refractivity contribution in [1.82, 2.24) is 9.55 Å². The third-order valence-corrected chi connectivity index (χ3v) is 8.29. The summed E-state index contributed by atoms with van der Waals surface area (Å²) in [6.45, 7) is 4.23. The van der Waals surface area contributed by atoms with Crippen LogP contribution in [0.4, 0.5) is 5.82 Å². The van der Waals surface area contributed by atoms with Crippen molar-refractivity contribution < 1.29 is 55.5 Å². The lowest BCUT2D eigenvalue weighted by Gasteiger charge is -2.34. The van der Waals surface area contributed by atoms with Crippen LogP contribution in [0, 0.1) is 11.8 Å². The zero-order valence-electron chi connectivity index (χ0n) is 18.3. The molecule has 0 bridgehead atoms. The Morgan fingerprint density at radius 1 is 1.29 bits per heavy atom. The Hall–Kier alpha value is -1.69. The third-order valence-electron chi connectivity index (χ3n) is 4.18. The second kappa shape index (κ2) is 12.0. The molecule has 16 nitrogen and oxygen atoms in total. The molecule has 4 unspecified atom stereocenters. The summed E-state index contributed by atoms with van der Waals surface area (Å²) in [6.07, 6.45) is -0.289. The van der Waals surface area contributed by atoms with Crippen molar-refractivity contribution in [2.45, 2.75) is 31.8 Å². The van der Waals surface area contributed by atoms with Crippen LogP contribution in [0.3, 0.4) is 0 Å². The lowest BCUT2D eigenvalue weighted by molar-refractivity contribution is -0.251. The molecule has 6 atom stereocenters. The molecule has 35 heavy (non-hydrogen) atoms. The van der Waals surface area contributed by atoms with Gasteiger partial charge in [0.15, 0.2) is 0 Å². The molecule has 1 fully saturated rings. The summed E-state index contributed by atoms with van der Waals surface area (Å²) in [5, 5.41) is 0. The van der Waals surface area contributed by atoms with Gasteiger partial charge in [-0.2, -0.15) is 4.98 Å². The number of nitrogens with two attached hydrogens (primary N) is 1. The van der Waals surface area contributed by atoms with Crippen LogP contribution >= 0.6 is 23.5 Å². The Kier molecular flexibility index (Phi) is 10.2. The van der Waals surface area contributed by atoms with E-state index in [9.17, 15) is 33.2 Å². The van der Waals surface area contributed by atoms with Crippen molar-refractivity contribution in [3.63, 3.8) is 0 Å². The summed E-state index contributed by atoms with van der Waals surface area (Å²) in [4.78, 5) is 50.6. The van der Waals surface area contributed by atoms with E-state index in [1.165, 1.54) is 12.3 Å². The number of hydrogen-bond donors (Lipinski definition) is 1. The molecule has 1 aromatic heterocycles. The van der Waals surface area contributed by atoms with Crippen molar-refractivity contribution in [3.8, 4) is 11.8 Å². The Balaban J connectivity index is 2.18. The number of nitrogens with zero attached hydrogens (tertiary/aromatic N) is 2. The lowest BCUT2D eigenvalue weighted by Crippen LogP contribution is -2.30. The van der Waals surface area contributed by atoms with Gasteiger partial charge >= 0.3 is 5.69 Å². The van der Waals surface area contributed by atoms with E-state index in [1.807, 2.05) is 0 Å². The summed E-state index contributed by atoms with van der Waals surface area (Å²) in [6, 6.07) is 0. The molecular formula is C16H21N3O13P3-3. The smallest absolute Gasteiger partial charge is 0.351 e. The van der Waals surface area contributed by atoms with E-state index in [0.29, 0.717) is 7.11 Å². The molecule has 2 rings (SSSR count). The van der Waals surface area contributed by atoms with E-state index < -0.39 is 54.2 Å². The van der Waals surface area contributed by atoms with E-state index in [4.69, 9.17) is 15.2 Å². The molecule has 2 N–H and O–H groups in total.